The molecule has 2 aromatic carbocycles. The number of hydrogen-bond acceptors (Lipinski definition) is 3. The third kappa shape index (κ3) is 2.97. The maximum atomic E-state index is 10.5. The Balaban J connectivity index is 1.57. The summed E-state index contributed by atoms with van der Waals surface area (Å²) in [7, 11) is 2.05. The Bertz CT molecular complexity index is 859. The van der Waals surface area contributed by atoms with E-state index in [4.69, 9.17) is 0 Å². The molecule has 0 saturated heterocycles. The fraction of sp³-hybridized carbons (Fsp3) is 0.333. The van der Waals surface area contributed by atoms with E-state index in [0.717, 1.165) is 5.56 Å². The van der Waals surface area contributed by atoms with E-state index in [9.17, 15) is 10.2 Å². The third-order valence-electron chi connectivity index (χ3n) is 5.43. The summed E-state index contributed by atoms with van der Waals surface area (Å²) in [4.78, 5) is 0. The van der Waals surface area contributed by atoms with E-state index in [1.165, 1.54) is 16.5 Å². The molecule has 1 heterocycles. The summed E-state index contributed by atoms with van der Waals surface area (Å²) < 4.78 is 2.13. The molecule has 0 bridgehead atoms. The van der Waals surface area contributed by atoms with Crippen molar-refractivity contribution < 1.29 is 10.2 Å². The summed E-state index contributed by atoms with van der Waals surface area (Å²) in [6.45, 7) is 0.666. The van der Waals surface area contributed by atoms with Crippen LogP contribution in [0.15, 0.2) is 60.8 Å². The predicted molar refractivity (Wildman–Crippen MR) is 99.4 cm³/mol. The molecule has 4 atom stereocenters. The molecular weight excluding hydrogens is 312 g/mol. The van der Waals surface area contributed by atoms with E-state index in [0.29, 0.717) is 13.0 Å². The van der Waals surface area contributed by atoms with Crippen molar-refractivity contribution in [1.29, 1.82) is 0 Å². The smallest absolute Gasteiger partial charge is 0.0957 e. The number of para-hydroxylation sites is 1. The number of nitrogens with one attached hydrogen (secondary N) is 1. The van der Waals surface area contributed by atoms with Crippen LogP contribution in [0.5, 0.6) is 0 Å². The number of aryl methyl sites for hydroxylation is 1. The van der Waals surface area contributed by atoms with Crippen molar-refractivity contribution in [1.82, 2.24) is 9.88 Å². The van der Waals surface area contributed by atoms with E-state index in [-0.39, 0.29) is 12.0 Å². The second kappa shape index (κ2) is 6.64. The predicted octanol–water partition coefficient (Wildman–Crippen LogP) is 2.55. The van der Waals surface area contributed by atoms with Gasteiger partial charge in [0.15, 0.2) is 0 Å². The van der Waals surface area contributed by atoms with E-state index in [1.807, 2.05) is 37.4 Å². The zero-order valence-corrected chi connectivity index (χ0v) is 14.3. The molecule has 4 nitrogen and oxygen atoms in total. The first kappa shape index (κ1) is 16.3. The van der Waals surface area contributed by atoms with Crippen LogP contribution in [0.2, 0.25) is 0 Å². The molecule has 130 valence electrons. The van der Waals surface area contributed by atoms with E-state index >= 15 is 0 Å². The standard InChI is InChI=1S/C21H24N2O2/c1-23-13-15(16-9-5-6-10-18(16)23)12-22-20-17(11-19(24)21(20)25)14-7-3-2-4-8-14/h2-10,13,17,19-22,24-25H,11-12H2,1H3/t17-,19-,20-,21-/m1/s1. The highest BCUT2D eigenvalue weighted by Crippen LogP contribution is 2.35. The molecule has 1 fully saturated rings. The summed E-state index contributed by atoms with van der Waals surface area (Å²) in [6, 6.07) is 18.3. The maximum Gasteiger partial charge on any atom is 0.0957 e. The van der Waals surface area contributed by atoms with Crippen LogP contribution < -0.4 is 5.32 Å². The van der Waals surface area contributed by atoms with Crippen LogP contribution in [0.3, 0.4) is 0 Å². The fourth-order valence-corrected chi connectivity index (χ4v) is 4.12. The SMILES string of the molecule is Cn1cc(CN[C@H]2[C@H](O)[C@H](O)C[C@@H]2c2ccccc2)c2ccccc21. The van der Waals surface area contributed by atoms with Crippen LogP contribution in [-0.4, -0.2) is 33.0 Å². The number of aliphatic hydroxyl groups is 2. The third-order valence-corrected chi connectivity index (χ3v) is 5.43. The van der Waals surface area contributed by atoms with Crippen molar-refractivity contribution >= 4 is 10.9 Å². The van der Waals surface area contributed by atoms with Gasteiger partial charge in [0, 0.05) is 42.7 Å². The van der Waals surface area contributed by atoms with Gasteiger partial charge >= 0.3 is 0 Å². The lowest BCUT2D eigenvalue weighted by atomic mass is 9.93. The first-order chi connectivity index (χ1) is 12.1. The second-order valence-corrected chi connectivity index (χ2v) is 7.00. The minimum absolute atomic E-state index is 0.112. The fourth-order valence-electron chi connectivity index (χ4n) is 4.12. The molecule has 4 rings (SSSR count). The normalized spacial score (nSPS) is 26.4. The Labute approximate surface area is 147 Å². The van der Waals surface area contributed by atoms with E-state index < -0.39 is 12.2 Å². The largest absolute Gasteiger partial charge is 0.390 e. The Morgan fingerprint density at radius 2 is 1.76 bits per heavy atom. The van der Waals surface area contributed by atoms with Gasteiger partial charge in [-0.25, -0.2) is 0 Å². The van der Waals surface area contributed by atoms with Gasteiger partial charge in [-0.1, -0.05) is 48.5 Å². The summed E-state index contributed by atoms with van der Waals surface area (Å²) in [6.07, 6.45) is 1.28. The van der Waals surface area contributed by atoms with Gasteiger partial charge in [0.1, 0.15) is 0 Å². The van der Waals surface area contributed by atoms with Gasteiger partial charge in [-0.3, -0.25) is 0 Å². The molecule has 1 aliphatic carbocycles. The number of fused-ring (bicyclic) bond motifs is 1. The van der Waals surface area contributed by atoms with Gasteiger partial charge in [-0.2, -0.15) is 0 Å². The van der Waals surface area contributed by atoms with Crippen molar-refractivity contribution in [3.63, 3.8) is 0 Å². The number of nitrogens with zero attached hydrogens (tertiary/aromatic N) is 1. The summed E-state index contributed by atoms with van der Waals surface area (Å²) in [5.41, 5.74) is 3.57. The second-order valence-electron chi connectivity index (χ2n) is 7.00. The molecule has 1 aromatic heterocycles. The Kier molecular flexibility index (Phi) is 4.34. The van der Waals surface area contributed by atoms with Crippen LogP contribution in [0.25, 0.3) is 10.9 Å². The lowest BCUT2D eigenvalue weighted by Gasteiger charge is -2.24. The zero-order valence-electron chi connectivity index (χ0n) is 14.3. The topological polar surface area (TPSA) is 57.4 Å². The van der Waals surface area contributed by atoms with Crippen molar-refractivity contribution in [3.05, 3.63) is 71.9 Å². The number of aromatic nitrogens is 1. The van der Waals surface area contributed by atoms with Crippen molar-refractivity contribution in [3.8, 4) is 0 Å². The van der Waals surface area contributed by atoms with E-state index in [2.05, 4.69) is 40.3 Å². The van der Waals surface area contributed by atoms with Crippen molar-refractivity contribution in [2.24, 2.45) is 7.05 Å². The molecule has 0 amide bonds. The molecule has 3 aromatic rings. The molecule has 1 saturated carbocycles. The molecular formula is C21H24N2O2. The Morgan fingerprint density at radius 1 is 1.04 bits per heavy atom. The van der Waals surface area contributed by atoms with Gasteiger partial charge in [0.25, 0.3) is 0 Å². The molecule has 25 heavy (non-hydrogen) atoms. The molecule has 3 N–H and O–H groups in total. The Hall–Kier alpha value is -2.14. The minimum atomic E-state index is -0.750. The number of benzene rings is 2. The molecule has 0 spiro atoms. The van der Waals surface area contributed by atoms with Crippen LogP contribution >= 0.6 is 0 Å². The minimum Gasteiger partial charge on any atom is -0.390 e. The lowest BCUT2D eigenvalue weighted by molar-refractivity contribution is 0.0298. The van der Waals surface area contributed by atoms with Crippen molar-refractivity contribution in [2.75, 3.05) is 0 Å². The molecule has 4 heteroatoms. The first-order valence-corrected chi connectivity index (χ1v) is 8.82. The number of rotatable bonds is 4. The van der Waals surface area contributed by atoms with Gasteiger partial charge in [-0.05, 0) is 23.6 Å². The average molecular weight is 336 g/mol. The highest BCUT2D eigenvalue weighted by Gasteiger charge is 2.41. The van der Waals surface area contributed by atoms with Crippen molar-refractivity contribution in [2.45, 2.75) is 37.1 Å². The lowest BCUT2D eigenvalue weighted by Crippen LogP contribution is -2.41. The highest BCUT2D eigenvalue weighted by molar-refractivity contribution is 5.83. The highest BCUT2D eigenvalue weighted by atomic mass is 16.3. The van der Waals surface area contributed by atoms with E-state index in [1.54, 1.807) is 0 Å². The molecule has 0 unspecified atom stereocenters. The van der Waals surface area contributed by atoms with Crippen LogP contribution in [-0.2, 0) is 13.6 Å². The summed E-state index contributed by atoms with van der Waals surface area (Å²) in [5.74, 6) is 0.112. The summed E-state index contributed by atoms with van der Waals surface area (Å²) >= 11 is 0. The van der Waals surface area contributed by atoms with Gasteiger partial charge < -0.3 is 20.1 Å². The maximum absolute atomic E-state index is 10.5. The van der Waals surface area contributed by atoms with Gasteiger partial charge in [0.05, 0.1) is 12.2 Å². The quantitative estimate of drug-likeness (QED) is 0.686. The van der Waals surface area contributed by atoms with Gasteiger partial charge in [-0.15, -0.1) is 0 Å². The monoisotopic (exact) mass is 336 g/mol. The number of aliphatic hydroxyl groups excluding tert-OH is 2. The van der Waals surface area contributed by atoms with Crippen LogP contribution in [0.1, 0.15) is 23.5 Å². The summed E-state index contributed by atoms with van der Waals surface area (Å²) in [5, 5.41) is 25.4. The Morgan fingerprint density at radius 3 is 2.56 bits per heavy atom. The molecule has 0 radical (unpaired) electrons. The first-order valence-electron chi connectivity index (χ1n) is 8.82. The average Bonchev–Trinajstić information content (AvgIpc) is 3.12. The van der Waals surface area contributed by atoms with Crippen LogP contribution in [0, 0.1) is 0 Å². The molecule has 0 aliphatic heterocycles. The number of hydrogen-bond donors (Lipinski definition) is 3. The van der Waals surface area contributed by atoms with Gasteiger partial charge in [0.2, 0.25) is 0 Å². The van der Waals surface area contributed by atoms with Crippen LogP contribution in [0.4, 0.5) is 0 Å². The molecule has 1 aliphatic rings. The zero-order chi connectivity index (χ0) is 17.4.